The molecule has 0 amide bonds. The first-order valence-corrected chi connectivity index (χ1v) is 8.76. The van der Waals surface area contributed by atoms with Crippen molar-refractivity contribution < 1.29 is 14.3 Å². The number of allylic oxidation sites excluding steroid dienone is 1. The van der Waals surface area contributed by atoms with E-state index < -0.39 is 5.92 Å². The first-order chi connectivity index (χ1) is 13.5. The maximum absolute atomic E-state index is 13.2. The highest BCUT2D eigenvalue weighted by Gasteiger charge is 2.28. The van der Waals surface area contributed by atoms with Gasteiger partial charge in [-0.25, -0.2) is 4.98 Å². The number of rotatable bonds is 7. The van der Waals surface area contributed by atoms with Crippen molar-refractivity contribution in [2.24, 2.45) is 7.05 Å². The van der Waals surface area contributed by atoms with Gasteiger partial charge in [-0.05, 0) is 30.7 Å². The second kappa shape index (κ2) is 7.97. The number of aromatic nitrogens is 2. The summed E-state index contributed by atoms with van der Waals surface area (Å²) >= 11 is 0. The molecule has 0 bridgehead atoms. The Morgan fingerprint density at radius 1 is 1.32 bits per heavy atom. The summed E-state index contributed by atoms with van der Waals surface area (Å²) in [5, 5.41) is 9.76. The minimum absolute atomic E-state index is 0.341. The minimum atomic E-state index is -1.04. The number of Topliss-reactive ketones (excluding diaryl/α,β-unsaturated/α-hetero) is 1. The van der Waals surface area contributed by atoms with Crippen LogP contribution in [0.2, 0.25) is 0 Å². The van der Waals surface area contributed by atoms with Crippen LogP contribution in [0.4, 0.5) is 0 Å². The Morgan fingerprint density at radius 3 is 2.68 bits per heavy atom. The molecule has 0 spiro atoms. The van der Waals surface area contributed by atoms with Gasteiger partial charge in [-0.15, -0.1) is 6.58 Å². The molecule has 0 N–H and O–H groups in total. The van der Waals surface area contributed by atoms with E-state index >= 15 is 0 Å². The van der Waals surface area contributed by atoms with Crippen LogP contribution in [0.15, 0.2) is 49.1 Å². The van der Waals surface area contributed by atoms with Gasteiger partial charge in [0.15, 0.2) is 23.2 Å². The molecule has 28 heavy (non-hydrogen) atoms. The minimum Gasteiger partial charge on any atom is -0.493 e. The maximum atomic E-state index is 13.2. The molecule has 6 heteroatoms. The Balaban J connectivity index is 2.10. The second-order valence-electron chi connectivity index (χ2n) is 6.31. The standard InChI is InChI=1S/C22H21N3O3/c1-5-8-14-11-15(12-19(27-3)21(14)28-4)20(26)16(13-23)22-24-17-9-6-7-10-18(17)25(22)2/h5-7,9-12,16H,1,8H2,2-4H3. The molecule has 1 unspecified atom stereocenters. The van der Waals surface area contributed by atoms with Gasteiger partial charge in [0, 0.05) is 18.2 Å². The molecule has 0 aliphatic rings. The van der Waals surface area contributed by atoms with Crippen LogP contribution in [0.25, 0.3) is 11.0 Å². The number of aryl methyl sites for hydroxylation is 1. The number of nitriles is 1. The molecule has 0 fully saturated rings. The second-order valence-corrected chi connectivity index (χ2v) is 6.31. The summed E-state index contributed by atoms with van der Waals surface area (Å²) in [5.41, 5.74) is 2.74. The maximum Gasteiger partial charge on any atom is 0.187 e. The number of carbonyl (C=O) groups is 1. The lowest BCUT2D eigenvalue weighted by molar-refractivity contribution is 0.0975. The molecule has 1 heterocycles. The van der Waals surface area contributed by atoms with E-state index in [1.54, 1.807) is 36.9 Å². The number of benzene rings is 2. The zero-order chi connectivity index (χ0) is 20.3. The molecule has 1 aromatic heterocycles. The Morgan fingerprint density at radius 2 is 2.07 bits per heavy atom. The average molecular weight is 375 g/mol. The summed E-state index contributed by atoms with van der Waals surface area (Å²) in [6.45, 7) is 3.75. The summed E-state index contributed by atoms with van der Waals surface area (Å²) in [5.74, 6) is 0.0232. The molecule has 142 valence electrons. The highest BCUT2D eigenvalue weighted by molar-refractivity contribution is 6.03. The lowest BCUT2D eigenvalue weighted by Gasteiger charge is -2.15. The molecule has 0 aliphatic carbocycles. The van der Waals surface area contributed by atoms with E-state index in [1.165, 1.54) is 7.11 Å². The van der Waals surface area contributed by atoms with E-state index in [-0.39, 0.29) is 5.78 Å². The van der Waals surface area contributed by atoms with Crippen LogP contribution in [-0.2, 0) is 13.5 Å². The van der Waals surface area contributed by atoms with E-state index in [2.05, 4.69) is 17.6 Å². The van der Waals surface area contributed by atoms with E-state index in [4.69, 9.17) is 9.47 Å². The smallest absolute Gasteiger partial charge is 0.187 e. The van der Waals surface area contributed by atoms with Crippen LogP contribution >= 0.6 is 0 Å². The van der Waals surface area contributed by atoms with Crippen molar-refractivity contribution in [1.29, 1.82) is 5.26 Å². The van der Waals surface area contributed by atoms with Gasteiger partial charge < -0.3 is 14.0 Å². The zero-order valence-electron chi connectivity index (χ0n) is 16.1. The number of carbonyl (C=O) groups excluding carboxylic acids is 1. The number of ether oxygens (including phenoxy) is 2. The molecule has 2 aromatic carbocycles. The normalized spacial score (nSPS) is 11.6. The van der Waals surface area contributed by atoms with Crippen molar-refractivity contribution in [3.8, 4) is 17.6 Å². The first kappa shape index (κ1) is 19.2. The van der Waals surface area contributed by atoms with Crippen LogP contribution in [-0.4, -0.2) is 29.6 Å². The number of hydrogen-bond donors (Lipinski definition) is 0. The van der Waals surface area contributed by atoms with Gasteiger partial charge in [-0.1, -0.05) is 18.2 Å². The van der Waals surface area contributed by atoms with Crippen molar-refractivity contribution >= 4 is 16.8 Å². The van der Waals surface area contributed by atoms with Gasteiger partial charge in [0.1, 0.15) is 5.82 Å². The van der Waals surface area contributed by atoms with Gasteiger partial charge in [-0.2, -0.15) is 5.26 Å². The molecule has 6 nitrogen and oxygen atoms in total. The Bertz CT molecular complexity index is 1090. The number of para-hydroxylation sites is 2. The molecule has 0 saturated heterocycles. The Hall–Kier alpha value is -3.59. The molecule has 0 radical (unpaired) electrons. The quantitative estimate of drug-likeness (QED) is 0.464. The van der Waals surface area contributed by atoms with Gasteiger partial charge in [0.2, 0.25) is 0 Å². The van der Waals surface area contributed by atoms with Crippen molar-refractivity contribution in [3.63, 3.8) is 0 Å². The van der Waals surface area contributed by atoms with Crippen molar-refractivity contribution in [3.05, 3.63) is 66.0 Å². The SMILES string of the molecule is C=CCc1cc(C(=O)C(C#N)c2nc3ccccc3n2C)cc(OC)c1OC. The molecule has 1 atom stereocenters. The molecule has 0 saturated carbocycles. The number of nitrogens with zero attached hydrogens (tertiary/aromatic N) is 3. The average Bonchev–Trinajstić information content (AvgIpc) is 3.04. The lowest BCUT2D eigenvalue weighted by Crippen LogP contribution is -2.16. The van der Waals surface area contributed by atoms with Gasteiger partial charge in [0.25, 0.3) is 0 Å². The van der Waals surface area contributed by atoms with E-state index in [9.17, 15) is 10.1 Å². The first-order valence-electron chi connectivity index (χ1n) is 8.76. The predicted octanol–water partition coefficient (Wildman–Crippen LogP) is 3.81. The largest absolute Gasteiger partial charge is 0.493 e. The van der Waals surface area contributed by atoms with Crippen molar-refractivity contribution in [1.82, 2.24) is 9.55 Å². The summed E-state index contributed by atoms with van der Waals surface area (Å²) in [4.78, 5) is 17.7. The highest BCUT2D eigenvalue weighted by atomic mass is 16.5. The van der Waals surface area contributed by atoms with E-state index in [0.29, 0.717) is 29.3 Å². The fraction of sp³-hybridized carbons (Fsp3) is 0.227. The molecule has 0 aliphatic heterocycles. The van der Waals surface area contributed by atoms with Crippen LogP contribution < -0.4 is 9.47 Å². The third kappa shape index (κ3) is 3.23. The number of methoxy groups -OCH3 is 2. The predicted molar refractivity (Wildman–Crippen MR) is 107 cm³/mol. The fourth-order valence-corrected chi connectivity index (χ4v) is 3.32. The molecule has 3 rings (SSSR count). The summed E-state index contributed by atoms with van der Waals surface area (Å²) < 4.78 is 12.6. The third-order valence-corrected chi connectivity index (χ3v) is 4.68. The van der Waals surface area contributed by atoms with Crippen molar-refractivity contribution in [2.45, 2.75) is 12.3 Å². The fourth-order valence-electron chi connectivity index (χ4n) is 3.32. The number of fused-ring (bicyclic) bond motifs is 1. The van der Waals surface area contributed by atoms with Gasteiger partial charge in [-0.3, -0.25) is 4.79 Å². The summed E-state index contributed by atoms with van der Waals surface area (Å²) in [7, 11) is 4.86. The molecular formula is C22H21N3O3. The van der Waals surface area contributed by atoms with Crippen molar-refractivity contribution in [2.75, 3.05) is 14.2 Å². The number of imidazole rings is 1. The number of hydrogen-bond acceptors (Lipinski definition) is 5. The number of ketones is 1. The van der Waals surface area contributed by atoms with Crippen LogP contribution in [0, 0.1) is 11.3 Å². The van der Waals surface area contributed by atoms with Crippen LogP contribution in [0.1, 0.15) is 27.7 Å². The van der Waals surface area contributed by atoms with Gasteiger partial charge >= 0.3 is 0 Å². The lowest BCUT2D eigenvalue weighted by atomic mass is 9.95. The monoisotopic (exact) mass is 375 g/mol. The summed E-state index contributed by atoms with van der Waals surface area (Å²) in [6.07, 6.45) is 2.23. The van der Waals surface area contributed by atoms with Crippen LogP contribution in [0.5, 0.6) is 11.5 Å². The van der Waals surface area contributed by atoms with Crippen LogP contribution in [0.3, 0.4) is 0 Å². The Kier molecular flexibility index (Phi) is 5.46. The van der Waals surface area contributed by atoms with Gasteiger partial charge in [0.05, 0.1) is 31.3 Å². The van der Waals surface area contributed by atoms with E-state index in [1.807, 2.05) is 24.3 Å². The van der Waals surface area contributed by atoms with E-state index in [0.717, 1.165) is 16.6 Å². The molecular weight excluding hydrogens is 354 g/mol. The Labute approximate surface area is 163 Å². The third-order valence-electron chi connectivity index (χ3n) is 4.68. The summed E-state index contributed by atoms with van der Waals surface area (Å²) in [6, 6.07) is 13.0. The molecule has 3 aromatic rings. The topological polar surface area (TPSA) is 77.1 Å². The highest BCUT2D eigenvalue weighted by Crippen LogP contribution is 2.35. The zero-order valence-corrected chi connectivity index (χ0v) is 16.1.